The molecule has 0 aliphatic carbocycles. The average molecular weight is 598 g/mol. The fourth-order valence-corrected chi connectivity index (χ4v) is 4.66. The Morgan fingerprint density at radius 3 is 2.23 bits per heavy atom. The van der Waals surface area contributed by atoms with Crippen LogP contribution in [0.1, 0.15) is 43.1 Å². The lowest BCUT2D eigenvalue weighted by atomic mass is 9.96. The van der Waals surface area contributed by atoms with Gasteiger partial charge in [0.25, 0.3) is 0 Å². The van der Waals surface area contributed by atoms with Crippen molar-refractivity contribution in [1.29, 1.82) is 0 Å². The lowest BCUT2D eigenvalue weighted by Crippen LogP contribution is -2.61. The zero-order valence-corrected chi connectivity index (χ0v) is 24.0. The summed E-state index contributed by atoms with van der Waals surface area (Å²) in [4.78, 5) is 64.7. The summed E-state index contributed by atoms with van der Waals surface area (Å²) in [6.07, 6.45) is -1.03. The number of carbonyl (C=O) groups excluding carboxylic acids is 4. The van der Waals surface area contributed by atoms with E-state index in [1.807, 2.05) is 0 Å². The highest BCUT2D eigenvalue weighted by molar-refractivity contribution is 5.96. The van der Waals surface area contributed by atoms with Crippen LogP contribution in [0.3, 0.4) is 0 Å². The largest absolute Gasteiger partial charge is 0.480 e. The van der Waals surface area contributed by atoms with E-state index in [0.717, 1.165) is 0 Å². The molecule has 43 heavy (non-hydrogen) atoms. The van der Waals surface area contributed by atoms with Gasteiger partial charge in [0.05, 0.1) is 12.6 Å². The highest BCUT2D eigenvalue weighted by atomic mass is 16.4. The van der Waals surface area contributed by atoms with E-state index < -0.39 is 78.4 Å². The minimum absolute atomic E-state index is 0.0239. The zero-order chi connectivity index (χ0) is 31.7. The van der Waals surface area contributed by atoms with Crippen molar-refractivity contribution in [3.63, 3.8) is 0 Å². The second-order valence-corrected chi connectivity index (χ2v) is 10.7. The minimum Gasteiger partial charge on any atom is -0.480 e. The SMILES string of the molecule is CCC(C)C(NC(=O)C(Cc1ccccc1)NC(=O)C1NC(=O)C(CO)NC(=O)C(N)Cc2ccc(cc2)C1O)C(=O)O. The molecule has 0 fully saturated rings. The molecule has 0 saturated carbocycles. The number of hydrogen-bond donors (Lipinski definition) is 8. The third kappa shape index (κ3) is 8.83. The fourth-order valence-electron chi connectivity index (χ4n) is 4.66. The number of nitrogens with two attached hydrogens (primary N) is 1. The maximum atomic E-state index is 13.7. The molecule has 13 nitrogen and oxygen atoms in total. The number of carboxylic acid groups (broad SMARTS) is 1. The van der Waals surface area contributed by atoms with Crippen molar-refractivity contribution in [3.8, 4) is 0 Å². The number of amides is 4. The second kappa shape index (κ2) is 15.2. The number of aliphatic hydroxyl groups excluding tert-OH is 2. The van der Waals surface area contributed by atoms with Crippen molar-refractivity contribution in [1.82, 2.24) is 21.3 Å². The number of aliphatic hydroxyl groups is 2. The van der Waals surface area contributed by atoms with Crippen LogP contribution in [-0.2, 0) is 36.8 Å². The summed E-state index contributed by atoms with van der Waals surface area (Å²) in [7, 11) is 0. The van der Waals surface area contributed by atoms with Crippen molar-refractivity contribution in [2.75, 3.05) is 6.61 Å². The molecule has 232 valence electrons. The smallest absolute Gasteiger partial charge is 0.326 e. The van der Waals surface area contributed by atoms with E-state index in [0.29, 0.717) is 17.5 Å². The molecule has 2 aromatic carbocycles. The lowest BCUT2D eigenvalue weighted by molar-refractivity contribution is -0.144. The van der Waals surface area contributed by atoms with Crippen molar-refractivity contribution < 1.29 is 39.3 Å². The maximum Gasteiger partial charge on any atom is 0.326 e. The first kappa shape index (κ1) is 33.2. The molecule has 0 saturated heterocycles. The number of aliphatic carboxylic acids is 1. The van der Waals surface area contributed by atoms with Gasteiger partial charge in [0.2, 0.25) is 23.6 Å². The third-order valence-electron chi connectivity index (χ3n) is 7.52. The van der Waals surface area contributed by atoms with Crippen LogP contribution in [0.15, 0.2) is 54.6 Å². The maximum absolute atomic E-state index is 13.7. The summed E-state index contributed by atoms with van der Waals surface area (Å²) >= 11 is 0. The topological polar surface area (TPSA) is 220 Å². The Kier molecular flexibility index (Phi) is 11.8. The van der Waals surface area contributed by atoms with Gasteiger partial charge >= 0.3 is 5.97 Å². The van der Waals surface area contributed by atoms with Crippen LogP contribution in [0, 0.1) is 5.92 Å². The van der Waals surface area contributed by atoms with Gasteiger partial charge in [-0.1, -0.05) is 74.9 Å². The molecule has 2 aliphatic heterocycles. The fraction of sp³-hybridized carbons (Fsp3) is 0.433. The number of fused-ring (bicyclic) bond motifs is 10. The van der Waals surface area contributed by atoms with Gasteiger partial charge in [-0.15, -0.1) is 0 Å². The average Bonchev–Trinajstić information content (AvgIpc) is 3.00. The summed E-state index contributed by atoms with van der Waals surface area (Å²) in [5, 5.41) is 40.5. The van der Waals surface area contributed by atoms with Gasteiger partial charge < -0.3 is 42.3 Å². The Bertz CT molecular complexity index is 1290. The van der Waals surface area contributed by atoms with Gasteiger partial charge in [0, 0.05) is 6.42 Å². The van der Waals surface area contributed by atoms with Crippen LogP contribution in [0.4, 0.5) is 0 Å². The quantitative estimate of drug-likeness (QED) is 0.166. The van der Waals surface area contributed by atoms with E-state index in [2.05, 4.69) is 21.3 Å². The van der Waals surface area contributed by atoms with E-state index in [9.17, 15) is 39.3 Å². The Morgan fingerprint density at radius 2 is 1.65 bits per heavy atom. The molecule has 0 radical (unpaired) electrons. The Hall–Kier alpha value is -4.33. The first-order valence-electron chi connectivity index (χ1n) is 14.1. The highest BCUT2D eigenvalue weighted by Gasteiger charge is 2.36. The molecule has 2 aliphatic rings. The molecule has 0 aromatic heterocycles. The Balaban J connectivity index is 1.95. The van der Waals surface area contributed by atoms with Gasteiger partial charge in [-0.05, 0) is 29.0 Å². The minimum atomic E-state index is -1.67. The highest BCUT2D eigenvalue weighted by Crippen LogP contribution is 2.20. The number of rotatable bonds is 10. The van der Waals surface area contributed by atoms with Crippen molar-refractivity contribution in [2.45, 2.75) is 69.4 Å². The molecular weight excluding hydrogens is 558 g/mol. The molecular formula is C30H39N5O8. The molecule has 13 heteroatoms. The van der Waals surface area contributed by atoms with Crippen LogP contribution in [0.2, 0.25) is 0 Å². The summed E-state index contributed by atoms with van der Waals surface area (Å²) in [6.45, 7) is 2.65. The predicted molar refractivity (Wildman–Crippen MR) is 155 cm³/mol. The van der Waals surface area contributed by atoms with Crippen molar-refractivity contribution in [3.05, 3.63) is 71.3 Å². The van der Waals surface area contributed by atoms with Crippen LogP contribution in [-0.4, -0.2) is 81.7 Å². The third-order valence-corrected chi connectivity index (χ3v) is 7.52. The Morgan fingerprint density at radius 1 is 1.00 bits per heavy atom. The molecule has 7 unspecified atom stereocenters. The first-order valence-corrected chi connectivity index (χ1v) is 14.1. The normalized spacial score (nSPS) is 22.8. The van der Waals surface area contributed by atoms with Crippen LogP contribution >= 0.6 is 0 Å². The van der Waals surface area contributed by atoms with Crippen LogP contribution < -0.4 is 27.0 Å². The Labute approximate surface area is 249 Å². The molecule has 4 amide bonds. The number of hydrogen-bond acceptors (Lipinski definition) is 8. The van der Waals surface area contributed by atoms with Gasteiger partial charge in [0.1, 0.15) is 30.3 Å². The van der Waals surface area contributed by atoms with Crippen molar-refractivity contribution >= 4 is 29.6 Å². The first-order chi connectivity index (χ1) is 20.4. The molecule has 2 bridgehead atoms. The molecule has 2 heterocycles. The van der Waals surface area contributed by atoms with Gasteiger partial charge in [0.15, 0.2) is 0 Å². The standard InChI is InChI=1S/C30H39N5O8/c1-3-16(2)23(30(42)43)34-27(39)21(14-17-7-5-4-6-8-17)32-29(41)24-25(37)19-11-9-18(10-12-19)13-20(31)26(38)33-22(15-36)28(40)35-24/h4-12,16,20-25,36-37H,3,13-15,31H2,1-2H3,(H,32,41)(H,33,38)(H,34,39)(H,35,40)(H,42,43). The van der Waals surface area contributed by atoms with Crippen LogP contribution in [0.5, 0.6) is 0 Å². The van der Waals surface area contributed by atoms with Gasteiger partial charge in [-0.25, -0.2) is 4.79 Å². The molecule has 0 spiro atoms. The molecule has 4 rings (SSSR count). The lowest BCUT2D eigenvalue weighted by Gasteiger charge is -2.29. The van der Waals surface area contributed by atoms with Gasteiger partial charge in [-0.3, -0.25) is 19.2 Å². The van der Waals surface area contributed by atoms with Crippen molar-refractivity contribution in [2.24, 2.45) is 11.7 Å². The number of nitrogens with one attached hydrogen (secondary N) is 4. The molecule has 7 atom stereocenters. The van der Waals surface area contributed by atoms with E-state index >= 15 is 0 Å². The summed E-state index contributed by atoms with van der Waals surface area (Å²) < 4.78 is 0. The van der Waals surface area contributed by atoms with E-state index in [4.69, 9.17) is 5.73 Å². The predicted octanol–water partition coefficient (Wildman–Crippen LogP) is -1.09. The van der Waals surface area contributed by atoms with E-state index in [1.54, 1.807) is 56.3 Å². The van der Waals surface area contributed by atoms with E-state index in [-0.39, 0.29) is 18.4 Å². The molecule has 9 N–H and O–H groups in total. The summed E-state index contributed by atoms with van der Waals surface area (Å²) in [5.41, 5.74) is 7.54. The second-order valence-electron chi connectivity index (χ2n) is 10.7. The zero-order valence-electron chi connectivity index (χ0n) is 24.0. The monoisotopic (exact) mass is 597 g/mol. The van der Waals surface area contributed by atoms with Gasteiger partial charge in [-0.2, -0.15) is 0 Å². The summed E-state index contributed by atoms with van der Waals surface area (Å²) in [5.74, 6) is -5.03. The van der Waals surface area contributed by atoms with E-state index in [1.165, 1.54) is 12.1 Å². The molecule has 2 aromatic rings. The summed E-state index contributed by atoms with van der Waals surface area (Å²) in [6, 6.07) is 8.31. The number of carboxylic acids is 1. The van der Waals surface area contributed by atoms with Crippen LogP contribution in [0.25, 0.3) is 0 Å². The number of benzene rings is 2. The number of carbonyl (C=O) groups is 5.